The van der Waals surface area contributed by atoms with Gasteiger partial charge in [0.15, 0.2) is 0 Å². The number of nitrogens with zero attached hydrogens (tertiary/aromatic N) is 2. The van der Waals surface area contributed by atoms with Crippen molar-refractivity contribution in [3.63, 3.8) is 0 Å². The Morgan fingerprint density at radius 2 is 2.00 bits per heavy atom. The van der Waals surface area contributed by atoms with Gasteiger partial charge < -0.3 is 10.2 Å². The molecule has 1 heterocycles. The lowest BCUT2D eigenvalue weighted by atomic mass is 10.1. The van der Waals surface area contributed by atoms with Gasteiger partial charge in [0, 0.05) is 50.0 Å². The summed E-state index contributed by atoms with van der Waals surface area (Å²) in [5.41, 5.74) is 1.48. The molecule has 4 nitrogen and oxygen atoms in total. The molecule has 1 aromatic rings. The van der Waals surface area contributed by atoms with Crippen molar-refractivity contribution < 1.29 is 4.79 Å². The van der Waals surface area contributed by atoms with Gasteiger partial charge >= 0.3 is 0 Å². The van der Waals surface area contributed by atoms with Crippen LogP contribution in [0.25, 0.3) is 0 Å². The van der Waals surface area contributed by atoms with Gasteiger partial charge in [-0.3, -0.25) is 9.69 Å². The number of rotatable bonds is 4. The van der Waals surface area contributed by atoms with Gasteiger partial charge in [0.25, 0.3) is 5.91 Å². The van der Waals surface area contributed by atoms with Crippen molar-refractivity contribution in [3.8, 4) is 0 Å². The van der Waals surface area contributed by atoms with E-state index in [1.54, 1.807) is 12.1 Å². The maximum absolute atomic E-state index is 12.7. The zero-order valence-electron chi connectivity index (χ0n) is 13.0. The highest BCUT2D eigenvalue weighted by atomic mass is 35.5. The summed E-state index contributed by atoms with van der Waals surface area (Å²) in [5.74, 6) is 0.0608. The molecule has 1 fully saturated rings. The maximum atomic E-state index is 12.7. The molecule has 0 saturated carbocycles. The minimum atomic E-state index is 0.0608. The minimum Gasteiger partial charge on any atom is -0.387 e. The summed E-state index contributed by atoms with van der Waals surface area (Å²) in [6.07, 6.45) is 1.14. The van der Waals surface area contributed by atoms with Crippen molar-refractivity contribution in [2.75, 3.05) is 38.5 Å². The second kappa shape index (κ2) is 7.14. The summed E-state index contributed by atoms with van der Waals surface area (Å²) >= 11 is 6.03. The molecule has 1 atom stereocenters. The van der Waals surface area contributed by atoms with E-state index in [-0.39, 0.29) is 5.91 Å². The number of amides is 1. The molecule has 21 heavy (non-hydrogen) atoms. The van der Waals surface area contributed by atoms with Gasteiger partial charge in [0.05, 0.1) is 5.56 Å². The molecule has 0 aromatic heterocycles. The Morgan fingerprint density at radius 3 is 2.57 bits per heavy atom. The van der Waals surface area contributed by atoms with Crippen LogP contribution in [0.4, 0.5) is 5.69 Å². The van der Waals surface area contributed by atoms with Crippen LogP contribution in [-0.4, -0.2) is 55.0 Å². The Labute approximate surface area is 132 Å². The van der Waals surface area contributed by atoms with Crippen molar-refractivity contribution in [3.05, 3.63) is 28.8 Å². The Morgan fingerprint density at radius 1 is 1.33 bits per heavy atom. The summed E-state index contributed by atoms with van der Waals surface area (Å²) in [7, 11) is 1.82. The Bertz CT molecular complexity index is 498. The third-order valence-corrected chi connectivity index (χ3v) is 4.53. The molecule has 0 aliphatic carbocycles. The topological polar surface area (TPSA) is 35.6 Å². The highest BCUT2D eigenvalue weighted by molar-refractivity contribution is 6.31. The number of carbonyl (C=O) groups excluding carboxylic acids is 1. The van der Waals surface area contributed by atoms with E-state index in [1.807, 2.05) is 18.0 Å². The number of hydrogen-bond acceptors (Lipinski definition) is 3. The lowest BCUT2D eigenvalue weighted by Gasteiger charge is -2.38. The van der Waals surface area contributed by atoms with Gasteiger partial charge in [-0.25, -0.2) is 0 Å². The van der Waals surface area contributed by atoms with Gasteiger partial charge in [0.1, 0.15) is 0 Å². The Hall–Kier alpha value is -1.26. The first kappa shape index (κ1) is 16.1. The summed E-state index contributed by atoms with van der Waals surface area (Å²) < 4.78 is 0. The molecule has 1 aromatic carbocycles. The molecule has 0 spiro atoms. The number of carbonyl (C=O) groups is 1. The van der Waals surface area contributed by atoms with Gasteiger partial charge in [0.2, 0.25) is 0 Å². The van der Waals surface area contributed by atoms with Gasteiger partial charge in [-0.2, -0.15) is 0 Å². The molecule has 1 N–H and O–H groups in total. The van der Waals surface area contributed by atoms with E-state index in [1.165, 1.54) is 0 Å². The van der Waals surface area contributed by atoms with Crippen molar-refractivity contribution in [1.29, 1.82) is 0 Å². The Kier molecular flexibility index (Phi) is 5.48. The van der Waals surface area contributed by atoms with E-state index in [9.17, 15) is 4.79 Å². The molecule has 1 unspecified atom stereocenters. The third-order valence-electron chi connectivity index (χ3n) is 4.30. The lowest BCUT2D eigenvalue weighted by Crippen LogP contribution is -2.51. The summed E-state index contributed by atoms with van der Waals surface area (Å²) in [6, 6.07) is 5.98. The Balaban J connectivity index is 2.07. The van der Waals surface area contributed by atoms with Crippen molar-refractivity contribution >= 4 is 23.2 Å². The second-order valence-electron chi connectivity index (χ2n) is 5.53. The number of hydrogen-bond donors (Lipinski definition) is 1. The molecule has 1 saturated heterocycles. The van der Waals surface area contributed by atoms with Crippen LogP contribution in [0.2, 0.25) is 5.02 Å². The first-order valence-electron chi connectivity index (χ1n) is 7.57. The molecule has 0 radical (unpaired) electrons. The number of benzene rings is 1. The van der Waals surface area contributed by atoms with E-state index in [4.69, 9.17) is 11.6 Å². The standard InChI is InChI=1S/C16H24ClN3O/c1-4-12(2)19-7-9-20(10-8-19)16(21)14-11-13(17)5-6-15(14)18-3/h5-6,11-12,18H,4,7-10H2,1-3H3. The summed E-state index contributed by atoms with van der Waals surface area (Å²) in [4.78, 5) is 17.1. The lowest BCUT2D eigenvalue weighted by molar-refractivity contribution is 0.0580. The fourth-order valence-electron chi connectivity index (χ4n) is 2.71. The van der Waals surface area contributed by atoms with E-state index >= 15 is 0 Å². The van der Waals surface area contributed by atoms with Gasteiger partial charge in [-0.05, 0) is 31.5 Å². The number of anilines is 1. The van der Waals surface area contributed by atoms with Crippen LogP contribution >= 0.6 is 11.6 Å². The maximum Gasteiger partial charge on any atom is 0.256 e. The average molecular weight is 310 g/mol. The van der Waals surface area contributed by atoms with Gasteiger partial charge in [-0.1, -0.05) is 18.5 Å². The molecular formula is C16H24ClN3O. The van der Waals surface area contributed by atoms with E-state index < -0.39 is 0 Å². The smallest absolute Gasteiger partial charge is 0.256 e. The molecule has 1 aliphatic heterocycles. The van der Waals surface area contributed by atoms with Crippen LogP contribution in [-0.2, 0) is 0 Å². The van der Waals surface area contributed by atoms with E-state index in [0.29, 0.717) is 16.6 Å². The predicted molar refractivity (Wildman–Crippen MR) is 88.2 cm³/mol. The second-order valence-corrected chi connectivity index (χ2v) is 5.96. The molecule has 5 heteroatoms. The van der Waals surface area contributed by atoms with Crippen LogP contribution < -0.4 is 5.32 Å². The zero-order chi connectivity index (χ0) is 15.4. The fraction of sp³-hybridized carbons (Fsp3) is 0.562. The van der Waals surface area contributed by atoms with Gasteiger partial charge in [-0.15, -0.1) is 0 Å². The molecular weight excluding hydrogens is 286 g/mol. The van der Waals surface area contributed by atoms with E-state index in [0.717, 1.165) is 38.3 Å². The van der Waals surface area contributed by atoms with Crippen molar-refractivity contribution in [1.82, 2.24) is 9.80 Å². The molecule has 1 amide bonds. The number of piperazine rings is 1. The average Bonchev–Trinajstić information content (AvgIpc) is 2.53. The first-order chi connectivity index (χ1) is 10.1. The molecule has 0 bridgehead atoms. The van der Waals surface area contributed by atoms with Crippen LogP contribution in [0.5, 0.6) is 0 Å². The largest absolute Gasteiger partial charge is 0.387 e. The van der Waals surface area contributed by atoms with Crippen molar-refractivity contribution in [2.24, 2.45) is 0 Å². The zero-order valence-corrected chi connectivity index (χ0v) is 13.8. The van der Waals surface area contributed by atoms with Crippen LogP contribution in [0.3, 0.4) is 0 Å². The minimum absolute atomic E-state index is 0.0608. The van der Waals surface area contributed by atoms with Crippen LogP contribution in [0.1, 0.15) is 30.6 Å². The van der Waals surface area contributed by atoms with E-state index in [2.05, 4.69) is 24.1 Å². The SMILES string of the molecule is CCC(C)N1CCN(C(=O)c2cc(Cl)ccc2NC)CC1. The van der Waals surface area contributed by atoms with Crippen LogP contribution in [0, 0.1) is 0 Å². The number of nitrogens with one attached hydrogen (secondary N) is 1. The third kappa shape index (κ3) is 3.69. The monoisotopic (exact) mass is 309 g/mol. The molecule has 1 aliphatic rings. The molecule has 2 rings (SSSR count). The van der Waals surface area contributed by atoms with Crippen LogP contribution in [0.15, 0.2) is 18.2 Å². The summed E-state index contributed by atoms with van der Waals surface area (Å²) in [5, 5.41) is 3.66. The van der Waals surface area contributed by atoms with Crippen molar-refractivity contribution in [2.45, 2.75) is 26.3 Å². The number of halogens is 1. The highest BCUT2D eigenvalue weighted by Gasteiger charge is 2.25. The predicted octanol–water partition coefficient (Wildman–Crippen LogP) is 2.94. The fourth-order valence-corrected chi connectivity index (χ4v) is 2.88. The summed E-state index contributed by atoms with van der Waals surface area (Å²) in [6.45, 7) is 7.88. The first-order valence-corrected chi connectivity index (χ1v) is 7.95. The molecule has 116 valence electrons. The quantitative estimate of drug-likeness (QED) is 0.929. The normalized spacial score (nSPS) is 17.6. The highest BCUT2D eigenvalue weighted by Crippen LogP contribution is 2.22.